The Balaban J connectivity index is 1.81. The number of carbonyl (C=O) groups excluding carboxylic acids is 3. The van der Waals surface area contributed by atoms with E-state index in [1.165, 1.54) is 0 Å². The van der Waals surface area contributed by atoms with E-state index in [-0.39, 0.29) is 18.2 Å². The van der Waals surface area contributed by atoms with E-state index < -0.39 is 12.1 Å². The Bertz CT molecular complexity index is 571. The van der Waals surface area contributed by atoms with Gasteiger partial charge in [0, 0.05) is 19.7 Å². The molecule has 0 aliphatic carbocycles. The lowest BCUT2D eigenvalue weighted by Crippen LogP contribution is -2.32. The third kappa shape index (κ3) is 4.03. The molecule has 7 nitrogen and oxygen atoms in total. The zero-order valence-electron chi connectivity index (χ0n) is 12.8. The highest BCUT2D eigenvalue weighted by molar-refractivity contribution is 6.04. The van der Waals surface area contributed by atoms with E-state index in [9.17, 15) is 14.4 Å². The molecule has 0 saturated carbocycles. The first-order valence-corrected chi connectivity index (χ1v) is 7.28. The molecular weight excluding hydrogens is 284 g/mol. The van der Waals surface area contributed by atoms with Crippen LogP contribution in [0.1, 0.15) is 31.0 Å². The first-order valence-electron chi connectivity index (χ1n) is 7.28. The maximum absolute atomic E-state index is 12.1. The molecule has 1 aliphatic heterocycles. The molecule has 0 bridgehead atoms. The van der Waals surface area contributed by atoms with Crippen molar-refractivity contribution in [1.29, 1.82) is 0 Å². The predicted molar refractivity (Wildman–Crippen MR) is 79.8 cm³/mol. The number of amides is 4. The number of aryl methyl sites for hydroxylation is 1. The van der Waals surface area contributed by atoms with Gasteiger partial charge in [-0.15, -0.1) is 0 Å². The van der Waals surface area contributed by atoms with Crippen LogP contribution in [0.4, 0.5) is 4.79 Å². The molecule has 118 valence electrons. The highest BCUT2D eigenvalue weighted by Gasteiger charge is 2.29. The number of nitrogens with zero attached hydrogens (tertiary/aromatic N) is 2. The number of aromatic nitrogens is 1. The number of imide groups is 1. The van der Waals surface area contributed by atoms with Gasteiger partial charge in [0.25, 0.3) is 5.91 Å². The molecule has 4 amide bonds. The molecule has 1 saturated heterocycles. The summed E-state index contributed by atoms with van der Waals surface area (Å²) in [6.07, 6.45) is 3.23. The summed E-state index contributed by atoms with van der Waals surface area (Å²) >= 11 is 0. The second kappa shape index (κ2) is 7.02. The van der Waals surface area contributed by atoms with Crippen molar-refractivity contribution in [3.05, 3.63) is 29.6 Å². The standard InChI is InChI=1S/C15H20N4O3/c1-3-10-4-5-11(16-8-10)9-19(2)13(20)7-6-12-14(21)18-15(22)17-12/h4-5,8,12H,3,6-7,9H2,1-2H3,(H2,17,18,21,22)/t12-/m0/s1. The summed E-state index contributed by atoms with van der Waals surface area (Å²) in [7, 11) is 1.70. The maximum atomic E-state index is 12.1. The molecular formula is C15H20N4O3. The minimum atomic E-state index is -0.619. The number of carbonyl (C=O) groups is 3. The summed E-state index contributed by atoms with van der Waals surface area (Å²) in [6, 6.07) is 2.79. The first kappa shape index (κ1) is 15.9. The van der Waals surface area contributed by atoms with Gasteiger partial charge >= 0.3 is 6.03 Å². The van der Waals surface area contributed by atoms with Crippen LogP contribution in [0, 0.1) is 0 Å². The Labute approximate surface area is 129 Å². The smallest absolute Gasteiger partial charge is 0.322 e. The number of hydrogen-bond acceptors (Lipinski definition) is 4. The molecule has 0 spiro atoms. The van der Waals surface area contributed by atoms with Gasteiger partial charge in [-0.2, -0.15) is 0 Å². The molecule has 0 aromatic carbocycles. The highest BCUT2D eigenvalue weighted by Crippen LogP contribution is 2.08. The molecule has 1 fully saturated rings. The van der Waals surface area contributed by atoms with Crippen LogP contribution in [-0.2, 0) is 22.6 Å². The molecule has 0 unspecified atom stereocenters. The van der Waals surface area contributed by atoms with E-state index in [2.05, 4.69) is 22.5 Å². The van der Waals surface area contributed by atoms with Crippen molar-refractivity contribution in [1.82, 2.24) is 20.5 Å². The summed E-state index contributed by atoms with van der Waals surface area (Å²) in [5, 5.41) is 4.62. The summed E-state index contributed by atoms with van der Waals surface area (Å²) in [5.74, 6) is -0.465. The normalized spacial score (nSPS) is 17.1. The van der Waals surface area contributed by atoms with Crippen molar-refractivity contribution >= 4 is 17.8 Å². The zero-order chi connectivity index (χ0) is 16.1. The van der Waals surface area contributed by atoms with Crippen LogP contribution in [0.5, 0.6) is 0 Å². The molecule has 1 aromatic rings. The Hall–Kier alpha value is -2.44. The average Bonchev–Trinajstić information content (AvgIpc) is 2.83. The number of nitrogens with one attached hydrogen (secondary N) is 2. The third-order valence-electron chi connectivity index (χ3n) is 3.62. The second-order valence-electron chi connectivity index (χ2n) is 5.32. The van der Waals surface area contributed by atoms with Crippen LogP contribution in [-0.4, -0.2) is 40.8 Å². The molecule has 2 heterocycles. The minimum Gasteiger partial charge on any atom is -0.340 e. The molecule has 22 heavy (non-hydrogen) atoms. The summed E-state index contributed by atoms with van der Waals surface area (Å²) < 4.78 is 0. The van der Waals surface area contributed by atoms with E-state index >= 15 is 0 Å². The van der Waals surface area contributed by atoms with E-state index in [0.29, 0.717) is 13.0 Å². The van der Waals surface area contributed by atoms with Crippen LogP contribution < -0.4 is 10.6 Å². The van der Waals surface area contributed by atoms with Crippen molar-refractivity contribution < 1.29 is 14.4 Å². The quantitative estimate of drug-likeness (QED) is 0.753. The Morgan fingerprint density at radius 2 is 2.14 bits per heavy atom. The topological polar surface area (TPSA) is 91.4 Å². The average molecular weight is 304 g/mol. The lowest BCUT2D eigenvalue weighted by molar-refractivity contribution is -0.130. The van der Waals surface area contributed by atoms with E-state index in [1.54, 1.807) is 11.9 Å². The number of pyridine rings is 1. The van der Waals surface area contributed by atoms with E-state index in [1.807, 2.05) is 18.3 Å². The monoisotopic (exact) mass is 304 g/mol. The van der Waals surface area contributed by atoms with E-state index in [4.69, 9.17) is 0 Å². The number of hydrogen-bond donors (Lipinski definition) is 2. The van der Waals surface area contributed by atoms with E-state index in [0.717, 1.165) is 17.7 Å². The molecule has 2 N–H and O–H groups in total. The minimum absolute atomic E-state index is 0.0877. The summed E-state index contributed by atoms with van der Waals surface area (Å²) in [4.78, 5) is 40.3. The van der Waals surface area contributed by atoms with Crippen LogP contribution in [0.25, 0.3) is 0 Å². The van der Waals surface area contributed by atoms with Gasteiger partial charge in [-0.25, -0.2) is 4.79 Å². The maximum Gasteiger partial charge on any atom is 0.322 e. The SMILES string of the molecule is CCc1ccc(CN(C)C(=O)CC[C@@H]2NC(=O)NC2=O)nc1. The lowest BCUT2D eigenvalue weighted by Gasteiger charge is -2.17. The van der Waals surface area contributed by atoms with Crippen LogP contribution in [0.2, 0.25) is 0 Å². The first-order chi connectivity index (χ1) is 10.5. The molecule has 0 radical (unpaired) electrons. The Morgan fingerprint density at radius 3 is 2.68 bits per heavy atom. The van der Waals surface area contributed by atoms with Gasteiger partial charge in [0.15, 0.2) is 0 Å². The molecule has 1 aliphatic rings. The van der Waals surface area contributed by atoms with Gasteiger partial charge in [-0.05, 0) is 24.5 Å². The summed E-state index contributed by atoms with van der Waals surface area (Å²) in [6.45, 7) is 2.48. The third-order valence-corrected chi connectivity index (χ3v) is 3.62. The molecule has 1 aromatic heterocycles. The highest BCUT2D eigenvalue weighted by atomic mass is 16.2. The summed E-state index contributed by atoms with van der Waals surface area (Å²) in [5.41, 5.74) is 1.97. The number of urea groups is 1. The number of rotatable bonds is 6. The lowest BCUT2D eigenvalue weighted by atomic mass is 10.1. The fourth-order valence-corrected chi connectivity index (χ4v) is 2.21. The van der Waals surface area contributed by atoms with Crippen molar-refractivity contribution in [3.8, 4) is 0 Å². The fraction of sp³-hybridized carbons (Fsp3) is 0.467. The van der Waals surface area contributed by atoms with Crippen molar-refractivity contribution in [3.63, 3.8) is 0 Å². The van der Waals surface area contributed by atoms with Crippen LogP contribution in [0.15, 0.2) is 18.3 Å². The zero-order valence-corrected chi connectivity index (χ0v) is 12.8. The molecule has 2 rings (SSSR count). The molecule has 7 heteroatoms. The van der Waals surface area contributed by atoms with Crippen LogP contribution in [0.3, 0.4) is 0 Å². The van der Waals surface area contributed by atoms with Crippen LogP contribution >= 0.6 is 0 Å². The molecule has 1 atom stereocenters. The fourth-order valence-electron chi connectivity index (χ4n) is 2.21. The largest absolute Gasteiger partial charge is 0.340 e. The Kier molecular flexibility index (Phi) is 5.08. The van der Waals surface area contributed by atoms with Gasteiger partial charge in [0.2, 0.25) is 5.91 Å². The van der Waals surface area contributed by atoms with Crippen molar-refractivity contribution in [2.24, 2.45) is 0 Å². The van der Waals surface area contributed by atoms with Gasteiger partial charge in [-0.1, -0.05) is 13.0 Å². The van der Waals surface area contributed by atoms with Crippen molar-refractivity contribution in [2.45, 2.75) is 38.8 Å². The Morgan fingerprint density at radius 1 is 1.36 bits per heavy atom. The predicted octanol–water partition coefficient (Wildman–Crippen LogP) is 0.591. The van der Waals surface area contributed by atoms with Gasteiger partial charge < -0.3 is 10.2 Å². The van der Waals surface area contributed by atoms with Crippen molar-refractivity contribution in [2.75, 3.05) is 7.05 Å². The second-order valence-corrected chi connectivity index (χ2v) is 5.32. The van der Waals surface area contributed by atoms with Gasteiger partial charge in [0.1, 0.15) is 6.04 Å². The van der Waals surface area contributed by atoms with Gasteiger partial charge in [-0.3, -0.25) is 19.9 Å². The van der Waals surface area contributed by atoms with Gasteiger partial charge in [0.05, 0.1) is 12.2 Å².